The highest BCUT2D eigenvalue weighted by atomic mass is 35.5. The number of amides is 1. The van der Waals surface area contributed by atoms with Crippen molar-refractivity contribution in [1.29, 1.82) is 0 Å². The molecule has 0 unspecified atom stereocenters. The van der Waals surface area contributed by atoms with Crippen molar-refractivity contribution in [2.24, 2.45) is 0 Å². The first-order valence-corrected chi connectivity index (χ1v) is 10.0. The van der Waals surface area contributed by atoms with E-state index >= 15 is 0 Å². The summed E-state index contributed by atoms with van der Waals surface area (Å²) >= 11 is 5.90. The minimum Gasteiger partial charge on any atom is -0.480 e. The Bertz CT molecular complexity index is 1150. The first-order chi connectivity index (χ1) is 14.6. The number of ether oxygens (including phenoxy) is 1. The monoisotopic (exact) mass is 421 g/mol. The number of benzene rings is 3. The number of fused-ring (bicyclic) bond motifs is 1. The van der Waals surface area contributed by atoms with E-state index in [1.165, 1.54) is 0 Å². The van der Waals surface area contributed by atoms with Crippen LogP contribution in [0.1, 0.15) is 19.2 Å². The van der Waals surface area contributed by atoms with Crippen molar-refractivity contribution in [2.75, 3.05) is 0 Å². The molecule has 30 heavy (non-hydrogen) atoms. The lowest BCUT2D eigenvalue weighted by atomic mass is 10.1. The average Bonchev–Trinajstić information content (AvgIpc) is 3.25. The number of rotatable bonds is 7. The molecule has 0 saturated carbocycles. The van der Waals surface area contributed by atoms with E-state index in [0.717, 1.165) is 16.3 Å². The molecule has 0 radical (unpaired) electrons. The Labute approximate surface area is 178 Å². The van der Waals surface area contributed by atoms with Gasteiger partial charge in [0.1, 0.15) is 5.75 Å². The lowest BCUT2D eigenvalue weighted by molar-refractivity contribution is -0.128. The van der Waals surface area contributed by atoms with Crippen LogP contribution in [-0.4, -0.2) is 22.2 Å². The number of carbonyl (C=O) groups excluding carboxylic acids is 1. The van der Waals surface area contributed by atoms with Gasteiger partial charge in [-0.25, -0.2) is 0 Å². The number of halogens is 1. The predicted molar refractivity (Wildman–Crippen MR) is 115 cm³/mol. The fourth-order valence-electron chi connectivity index (χ4n) is 3.09. The van der Waals surface area contributed by atoms with Gasteiger partial charge in [0, 0.05) is 16.0 Å². The molecule has 0 fully saturated rings. The Hall–Kier alpha value is -3.38. The normalized spacial score (nSPS) is 11.9. The second kappa shape index (κ2) is 8.97. The summed E-state index contributed by atoms with van der Waals surface area (Å²) in [4.78, 5) is 17.0. The van der Waals surface area contributed by atoms with E-state index in [9.17, 15) is 4.79 Å². The van der Waals surface area contributed by atoms with E-state index in [2.05, 4.69) is 15.5 Å². The van der Waals surface area contributed by atoms with Crippen LogP contribution in [-0.2, 0) is 11.3 Å². The van der Waals surface area contributed by atoms with Crippen molar-refractivity contribution in [1.82, 2.24) is 15.5 Å². The molecule has 0 spiro atoms. The first-order valence-electron chi connectivity index (χ1n) is 9.64. The summed E-state index contributed by atoms with van der Waals surface area (Å²) in [5, 5.41) is 9.42. The first kappa shape index (κ1) is 19.9. The van der Waals surface area contributed by atoms with Crippen LogP contribution in [0.2, 0.25) is 5.02 Å². The molecule has 1 aromatic heterocycles. The maximum Gasteiger partial charge on any atom is 0.261 e. The summed E-state index contributed by atoms with van der Waals surface area (Å²) in [5.41, 5.74) is 0.784. The molecule has 0 aliphatic rings. The molecule has 1 atom stereocenters. The van der Waals surface area contributed by atoms with E-state index < -0.39 is 6.10 Å². The molecule has 152 valence electrons. The molecule has 1 amide bonds. The fourth-order valence-corrected chi connectivity index (χ4v) is 3.22. The predicted octanol–water partition coefficient (Wildman–Crippen LogP) is 5.02. The summed E-state index contributed by atoms with van der Waals surface area (Å²) in [6, 6.07) is 20.8. The molecule has 0 aliphatic heterocycles. The molecular weight excluding hydrogens is 402 g/mol. The minimum absolute atomic E-state index is 0.120. The van der Waals surface area contributed by atoms with Gasteiger partial charge >= 0.3 is 0 Å². The van der Waals surface area contributed by atoms with Crippen molar-refractivity contribution in [3.8, 4) is 17.1 Å². The van der Waals surface area contributed by atoms with Crippen LogP contribution in [0.5, 0.6) is 5.75 Å². The number of hydrogen-bond donors (Lipinski definition) is 1. The van der Waals surface area contributed by atoms with Crippen LogP contribution >= 0.6 is 11.6 Å². The molecule has 6 nitrogen and oxygen atoms in total. The maximum absolute atomic E-state index is 12.7. The maximum atomic E-state index is 12.7. The van der Waals surface area contributed by atoms with Crippen LogP contribution in [0.25, 0.3) is 22.2 Å². The lowest BCUT2D eigenvalue weighted by Crippen LogP contribution is -2.37. The summed E-state index contributed by atoms with van der Waals surface area (Å²) in [6.07, 6.45) is -0.107. The Kier molecular flexibility index (Phi) is 5.95. The second-order valence-corrected chi connectivity index (χ2v) is 7.16. The quantitative estimate of drug-likeness (QED) is 0.453. The van der Waals surface area contributed by atoms with E-state index in [-0.39, 0.29) is 12.5 Å². The summed E-state index contributed by atoms with van der Waals surface area (Å²) in [5.74, 6) is 1.19. The zero-order valence-corrected chi connectivity index (χ0v) is 17.1. The molecule has 4 aromatic rings. The molecule has 7 heteroatoms. The number of carbonyl (C=O) groups is 1. The molecule has 4 rings (SSSR count). The zero-order valence-electron chi connectivity index (χ0n) is 16.3. The standard InChI is InChI=1S/C23H20ClN3O3/c1-2-19(29-20-9-5-7-15-6-3-4-8-18(15)20)23(28)25-14-21-26-22(27-30-21)16-10-12-17(24)13-11-16/h3-13,19H,2,14H2,1H3,(H,25,28)/t19-/m0/s1. The van der Waals surface area contributed by atoms with Crippen LogP contribution in [0, 0.1) is 0 Å². The topological polar surface area (TPSA) is 77.2 Å². The highest BCUT2D eigenvalue weighted by molar-refractivity contribution is 6.30. The molecule has 1 heterocycles. The molecule has 0 aliphatic carbocycles. The fraction of sp³-hybridized carbons (Fsp3) is 0.174. The van der Waals surface area contributed by atoms with Crippen LogP contribution in [0.3, 0.4) is 0 Å². The van der Waals surface area contributed by atoms with Gasteiger partial charge in [-0.1, -0.05) is 60.1 Å². The molecule has 0 saturated heterocycles. The molecule has 3 aromatic carbocycles. The Morgan fingerprint density at radius 3 is 2.67 bits per heavy atom. The molecule has 1 N–H and O–H groups in total. The Morgan fingerprint density at radius 2 is 1.87 bits per heavy atom. The number of hydrogen-bond acceptors (Lipinski definition) is 5. The summed E-state index contributed by atoms with van der Waals surface area (Å²) in [7, 11) is 0. The smallest absolute Gasteiger partial charge is 0.261 e. The van der Waals surface area contributed by atoms with Gasteiger partial charge in [-0.15, -0.1) is 0 Å². The third-order valence-corrected chi connectivity index (χ3v) is 4.92. The SMILES string of the molecule is CC[C@H](Oc1cccc2ccccc12)C(=O)NCc1nc(-c2ccc(Cl)cc2)no1. The highest BCUT2D eigenvalue weighted by Gasteiger charge is 2.20. The summed E-state index contributed by atoms with van der Waals surface area (Å²) in [6.45, 7) is 2.02. The van der Waals surface area contributed by atoms with E-state index in [1.54, 1.807) is 24.3 Å². The number of aromatic nitrogens is 2. The third kappa shape index (κ3) is 4.44. The third-order valence-electron chi connectivity index (χ3n) is 4.67. The lowest BCUT2D eigenvalue weighted by Gasteiger charge is -2.18. The number of nitrogens with zero attached hydrogens (tertiary/aromatic N) is 2. The van der Waals surface area contributed by atoms with Gasteiger partial charge in [-0.3, -0.25) is 4.79 Å². The zero-order chi connectivity index (χ0) is 20.9. The van der Waals surface area contributed by atoms with Crippen molar-refractivity contribution < 1.29 is 14.1 Å². The van der Waals surface area contributed by atoms with Gasteiger partial charge in [-0.2, -0.15) is 4.98 Å². The van der Waals surface area contributed by atoms with Crippen LogP contribution in [0.15, 0.2) is 71.3 Å². The van der Waals surface area contributed by atoms with Gasteiger partial charge in [0.05, 0.1) is 6.54 Å². The Balaban J connectivity index is 1.41. The summed E-state index contributed by atoms with van der Waals surface area (Å²) < 4.78 is 11.3. The van der Waals surface area contributed by atoms with Crippen LogP contribution in [0.4, 0.5) is 0 Å². The minimum atomic E-state index is -0.630. The van der Waals surface area contributed by atoms with Gasteiger partial charge < -0.3 is 14.6 Å². The second-order valence-electron chi connectivity index (χ2n) is 6.73. The van der Waals surface area contributed by atoms with Gasteiger partial charge in [0.25, 0.3) is 5.91 Å². The molecular formula is C23H20ClN3O3. The van der Waals surface area contributed by atoms with E-state index in [1.807, 2.05) is 49.4 Å². The van der Waals surface area contributed by atoms with Gasteiger partial charge in [0.15, 0.2) is 6.10 Å². The average molecular weight is 422 g/mol. The van der Waals surface area contributed by atoms with Crippen molar-refractivity contribution in [2.45, 2.75) is 26.0 Å². The van der Waals surface area contributed by atoms with E-state index in [0.29, 0.717) is 28.9 Å². The molecule has 0 bridgehead atoms. The number of nitrogens with one attached hydrogen (secondary N) is 1. The highest BCUT2D eigenvalue weighted by Crippen LogP contribution is 2.26. The van der Waals surface area contributed by atoms with Gasteiger partial charge in [0.2, 0.25) is 11.7 Å². The largest absolute Gasteiger partial charge is 0.480 e. The van der Waals surface area contributed by atoms with Gasteiger partial charge in [-0.05, 0) is 42.1 Å². The van der Waals surface area contributed by atoms with Crippen molar-refractivity contribution in [3.63, 3.8) is 0 Å². The van der Waals surface area contributed by atoms with Crippen LogP contribution < -0.4 is 10.1 Å². The van der Waals surface area contributed by atoms with Crippen molar-refractivity contribution in [3.05, 3.63) is 77.6 Å². The van der Waals surface area contributed by atoms with E-state index in [4.69, 9.17) is 20.9 Å². The van der Waals surface area contributed by atoms with Crippen molar-refractivity contribution >= 4 is 28.3 Å². The Morgan fingerprint density at radius 1 is 1.10 bits per heavy atom.